The van der Waals surface area contributed by atoms with E-state index in [1.165, 1.54) is 10.4 Å². The molecular weight excluding hydrogens is 376 g/mol. The molecule has 0 N–H and O–H groups in total. The molecule has 148 valence electrons. The van der Waals surface area contributed by atoms with Gasteiger partial charge in [0, 0.05) is 32.3 Å². The van der Waals surface area contributed by atoms with E-state index in [2.05, 4.69) is 0 Å². The van der Waals surface area contributed by atoms with E-state index in [4.69, 9.17) is 4.74 Å². The average Bonchev–Trinajstić information content (AvgIpc) is 2.73. The van der Waals surface area contributed by atoms with Gasteiger partial charge in [0.15, 0.2) is 0 Å². The number of nitrogens with zero attached hydrogens (tertiary/aromatic N) is 2. The third-order valence-corrected chi connectivity index (χ3v) is 6.52. The number of carbonyl (C=O) groups excluding carboxylic acids is 1. The zero-order valence-corrected chi connectivity index (χ0v) is 16.6. The van der Waals surface area contributed by atoms with Crippen LogP contribution in [0.15, 0.2) is 60.7 Å². The third kappa shape index (κ3) is 5.21. The van der Waals surface area contributed by atoms with Crippen LogP contribution in [-0.2, 0) is 20.6 Å². The van der Waals surface area contributed by atoms with Gasteiger partial charge in [0.05, 0.1) is 12.9 Å². The Morgan fingerprint density at radius 1 is 1.00 bits per heavy atom. The average molecular weight is 401 g/mol. The van der Waals surface area contributed by atoms with E-state index in [1.54, 1.807) is 30.2 Å². The Hall–Kier alpha value is -2.64. The van der Waals surface area contributed by atoms with Gasteiger partial charge in [-0.25, -0.2) is 8.42 Å². The van der Waals surface area contributed by atoms with E-state index in [1.807, 2.05) is 42.5 Å². The fourth-order valence-electron chi connectivity index (χ4n) is 3.05. The third-order valence-electron chi connectivity index (χ3n) is 4.67. The molecule has 0 bridgehead atoms. The maximum Gasteiger partial charge on any atom is 0.246 e. The van der Waals surface area contributed by atoms with Crippen LogP contribution in [0.4, 0.5) is 0 Å². The van der Waals surface area contributed by atoms with Crippen LogP contribution in [0.1, 0.15) is 11.1 Å². The maximum atomic E-state index is 12.6. The maximum absolute atomic E-state index is 12.6. The van der Waals surface area contributed by atoms with Crippen molar-refractivity contribution in [3.05, 3.63) is 71.8 Å². The number of hydrogen-bond acceptors (Lipinski definition) is 4. The number of amides is 1. The summed E-state index contributed by atoms with van der Waals surface area (Å²) in [6.07, 6.45) is 3.27. The van der Waals surface area contributed by atoms with Gasteiger partial charge in [-0.1, -0.05) is 42.5 Å². The van der Waals surface area contributed by atoms with E-state index >= 15 is 0 Å². The van der Waals surface area contributed by atoms with E-state index in [9.17, 15) is 13.2 Å². The molecule has 0 aliphatic carbocycles. The molecule has 1 saturated heterocycles. The summed E-state index contributed by atoms with van der Waals surface area (Å²) in [6, 6.07) is 16.5. The Labute approximate surface area is 166 Å². The van der Waals surface area contributed by atoms with Gasteiger partial charge in [-0.15, -0.1) is 0 Å². The molecule has 0 saturated carbocycles. The first-order valence-electron chi connectivity index (χ1n) is 9.11. The normalized spacial score (nSPS) is 15.7. The minimum absolute atomic E-state index is 0.0147. The van der Waals surface area contributed by atoms with Gasteiger partial charge in [-0.3, -0.25) is 4.79 Å². The quantitative estimate of drug-likeness (QED) is 0.699. The van der Waals surface area contributed by atoms with Crippen molar-refractivity contribution in [2.45, 2.75) is 5.75 Å². The summed E-state index contributed by atoms with van der Waals surface area (Å²) >= 11 is 0. The minimum Gasteiger partial charge on any atom is -0.497 e. The molecule has 0 spiro atoms. The van der Waals surface area contributed by atoms with Crippen molar-refractivity contribution in [1.29, 1.82) is 0 Å². The molecule has 6 nitrogen and oxygen atoms in total. The van der Waals surface area contributed by atoms with E-state index in [0.717, 1.165) is 16.9 Å². The van der Waals surface area contributed by atoms with Crippen molar-refractivity contribution >= 4 is 22.0 Å². The predicted octanol–water partition coefficient (Wildman–Crippen LogP) is 2.38. The number of ether oxygens (including phenoxy) is 1. The number of sulfonamides is 1. The number of methoxy groups -OCH3 is 1. The van der Waals surface area contributed by atoms with Crippen LogP contribution >= 0.6 is 0 Å². The highest BCUT2D eigenvalue weighted by atomic mass is 32.2. The Bertz CT molecular complexity index is 917. The zero-order chi connectivity index (χ0) is 20.0. The second-order valence-electron chi connectivity index (χ2n) is 6.57. The van der Waals surface area contributed by atoms with Crippen LogP contribution in [0.25, 0.3) is 6.08 Å². The first-order chi connectivity index (χ1) is 13.5. The van der Waals surface area contributed by atoms with Crippen molar-refractivity contribution in [2.24, 2.45) is 0 Å². The first-order valence-corrected chi connectivity index (χ1v) is 10.7. The van der Waals surface area contributed by atoms with Gasteiger partial charge < -0.3 is 9.64 Å². The lowest BCUT2D eigenvalue weighted by Gasteiger charge is -2.33. The Morgan fingerprint density at radius 2 is 1.64 bits per heavy atom. The molecule has 2 aromatic rings. The molecule has 1 heterocycles. The molecule has 28 heavy (non-hydrogen) atoms. The SMILES string of the molecule is COc1ccc(C=CC(=O)N2CCN(S(=O)(=O)Cc3ccccc3)CC2)cc1. The number of carbonyl (C=O) groups is 1. The number of hydrogen-bond donors (Lipinski definition) is 0. The van der Waals surface area contributed by atoms with Gasteiger partial charge >= 0.3 is 0 Å². The highest BCUT2D eigenvalue weighted by molar-refractivity contribution is 7.88. The molecule has 1 fully saturated rings. The van der Waals surface area contributed by atoms with Crippen LogP contribution in [0.2, 0.25) is 0 Å². The summed E-state index contributed by atoms with van der Waals surface area (Å²) in [5.41, 5.74) is 1.67. The summed E-state index contributed by atoms with van der Waals surface area (Å²) in [4.78, 5) is 14.1. The van der Waals surface area contributed by atoms with Gasteiger partial charge in [-0.2, -0.15) is 4.31 Å². The number of benzene rings is 2. The van der Waals surface area contributed by atoms with E-state index < -0.39 is 10.0 Å². The summed E-state index contributed by atoms with van der Waals surface area (Å²) in [5.74, 6) is 0.631. The van der Waals surface area contributed by atoms with Crippen LogP contribution in [0.5, 0.6) is 5.75 Å². The highest BCUT2D eigenvalue weighted by Crippen LogP contribution is 2.15. The molecule has 0 atom stereocenters. The van der Waals surface area contributed by atoms with Crippen molar-refractivity contribution < 1.29 is 17.9 Å². The van der Waals surface area contributed by atoms with Crippen molar-refractivity contribution in [2.75, 3.05) is 33.3 Å². The van der Waals surface area contributed by atoms with Crippen LogP contribution in [0.3, 0.4) is 0 Å². The molecule has 7 heteroatoms. The van der Waals surface area contributed by atoms with Crippen molar-refractivity contribution in [3.8, 4) is 5.75 Å². The lowest BCUT2D eigenvalue weighted by atomic mass is 10.2. The highest BCUT2D eigenvalue weighted by Gasteiger charge is 2.28. The van der Waals surface area contributed by atoms with Crippen molar-refractivity contribution in [1.82, 2.24) is 9.21 Å². The molecule has 0 radical (unpaired) electrons. The Morgan fingerprint density at radius 3 is 2.25 bits per heavy atom. The molecule has 1 aliphatic rings. The van der Waals surface area contributed by atoms with Crippen LogP contribution in [-0.4, -0.2) is 56.8 Å². The lowest BCUT2D eigenvalue weighted by Crippen LogP contribution is -2.50. The predicted molar refractivity (Wildman–Crippen MR) is 109 cm³/mol. The van der Waals surface area contributed by atoms with E-state index in [0.29, 0.717) is 26.2 Å². The molecule has 0 aromatic heterocycles. The minimum atomic E-state index is -3.38. The fraction of sp³-hybridized carbons (Fsp3) is 0.286. The second-order valence-corrected chi connectivity index (χ2v) is 8.54. The smallest absolute Gasteiger partial charge is 0.246 e. The molecule has 2 aromatic carbocycles. The van der Waals surface area contributed by atoms with Crippen LogP contribution in [0, 0.1) is 0 Å². The zero-order valence-electron chi connectivity index (χ0n) is 15.8. The molecule has 0 unspecified atom stereocenters. The van der Waals surface area contributed by atoms with Gasteiger partial charge in [0.2, 0.25) is 15.9 Å². The summed E-state index contributed by atoms with van der Waals surface area (Å²) < 4.78 is 31.8. The standard InChI is InChI=1S/C21H24N2O4S/c1-27-20-10-7-18(8-11-20)9-12-21(24)22-13-15-23(16-14-22)28(25,26)17-19-5-3-2-4-6-19/h2-12H,13-17H2,1H3. The summed E-state index contributed by atoms with van der Waals surface area (Å²) in [7, 11) is -1.78. The van der Waals surface area contributed by atoms with Crippen LogP contribution < -0.4 is 4.74 Å². The summed E-state index contributed by atoms with van der Waals surface area (Å²) in [6.45, 7) is 1.41. The molecule has 1 aliphatic heterocycles. The lowest BCUT2D eigenvalue weighted by molar-refractivity contribution is -0.127. The molecule has 3 rings (SSSR count). The molecular formula is C21H24N2O4S. The first kappa shape index (κ1) is 20.1. The van der Waals surface area contributed by atoms with E-state index in [-0.39, 0.29) is 11.7 Å². The van der Waals surface area contributed by atoms with Gasteiger partial charge in [-0.05, 0) is 29.3 Å². The topological polar surface area (TPSA) is 66.9 Å². The van der Waals surface area contributed by atoms with Crippen molar-refractivity contribution in [3.63, 3.8) is 0 Å². The monoisotopic (exact) mass is 400 g/mol. The molecule has 1 amide bonds. The fourth-order valence-corrected chi connectivity index (χ4v) is 4.57. The number of piperazine rings is 1. The van der Waals surface area contributed by atoms with Gasteiger partial charge in [0.25, 0.3) is 0 Å². The summed E-state index contributed by atoms with van der Waals surface area (Å²) in [5, 5.41) is 0. The Balaban J connectivity index is 1.54. The largest absolute Gasteiger partial charge is 0.497 e. The Kier molecular flexibility index (Phi) is 6.49. The number of rotatable bonds is 6. The van der Waals surface area contributed by atoms with Gasteiger partial charge in [0.1, 0.15) is 5.75 Å². The second kappa shape index (κ2) is 9.03.